The lowest BCUT2D eigenvalue weighted by Crippen LogP contribution is -2.24. The molecule has 1 aliphatic heterocycles. The molecule has 2 fully saturated rings. The highest BCUT2D eigenvalue weighted by molar-refractivity contribution is 5.91. The van der Waals surface area contributed by atoms with E-state index in [0.29, 0.717) is 11.6 Å². The second-order valence-electron chi connectivity index (χ2n) is 5.56. The predicted octanol–water partition coefficient (Wildman–Crippen LogP) is 1.08. The number of nitrogens with zero attached hydrogens (tertiary/aromatic N) is 2. The van der Waals surface area contributed by atoms with E-state index in [4.69, 9.17) is 5.73 Å². The topological polar surface area (TPSA) is 71.2 Å². The third-order valence-electron chi connectivity index (χ3n) is 3.99. The van der Waals surface area contributed by atoms with Crippen LogP contribution in [0.15, 0.2) is 18.3 Å². The van der Waals surface area contributed by atoms with Gasteiger partial charge in [0.15, 0.2) is 0 Å². The molecule has 3 rings (SSSR count). The van der Waals surface area contributed by atoms with Gasteiger partial charge in [-0.25, -0.2) is 0 Å². The second-order valence-corrected chi connectivity index (χ2v) is 5.56. The van der Waals surface area contributed by atoms with E-state index in [0.717, 1.165) is 18.3 Å². The van der Waals surface area contributed by atoms with Gasteiger partial charge in [-0.15, -0.1) is 0 Å². The molecule has 1 aliphatic carbocycles. The molecule has 1 amide bonds. The third-order valence-corrected chi connectivity index (χ3v) is 3.99. The Morgan fingerprint density at radius 1 is 1.47 bits per heavy atom. The summed E-state index contributed by atoms with van der Waals surface area (Å²) in [5.41, 5.74) is 6.46. The predicted molar refractivity (Wildman–Crippen MR) is 73.9 cm³/mol. The summed E-state index contributed by atoms with van der Waals surface area (Å²) in [4.78, 5) is 17.6. The summed E-state index contributed by atoms with van der Waals surface area (Å²) in [6.07, 6.45) is 5.64. The number of nitrogens with one attached hydrogen (secondary N) is 1. The summed E-state index contributed by atoms with van der Waals surface area (Å²) >= 11 is 0. The summed E-state index contributed by atoms with van der Waals surface area (Å²) in [7, 11) is 0. The Morgan fingerprint density at radius 2 is 2.32 bits per heavy atom. The second kappa shape index (κ2) is 5.17. The number of anilines is 1. The largest absolute Gasteiger partial charge is 0.385 e. The zero-order valence-electron chi connectivity index (χ0n) is 11.0. The highest BCUT2D eigenvalue weighted by Gasteiger charge is 2.34. The van der Waals surface area contributed by atoms with Gasteiger partial charge in [-0.2, -0.15) is 0 Å². The van der Waals surface area contributed by atoms with Crippen LogP contribution in [0.25, 0.3) is 0 Å². The van der Waals surface area contributed by atoms with Gasteiger partial charge in [-0.3, -0.25) is 9.78 Å². The fraction of sp³-hybridized carbons (Fsp3) is 0.571. The van der Waals surface area contributed by atoms with Gasteiger partial charge in [-0.1, -0.05) is 0 Å². The first-order valence-corrected chi connectivity index (χ1v) is 6.96. The highest BCUT2D eigenvalue weighted by atomic mass is 16.1. The Labute approximate surface area is 113 Å². The molecule has 102 valence electrons. The molecule has 1 saturated heterocycles. The van der Waals surface area contributed by atoms with Crippen molar-refractivity contribution in [3.8, 4) is 0 Å². The number of pyridine rings is 1. The van der Waals surface area contributed by atoms with Crippen LogP contribution < -0.4 is 11.1 Å². The normalized spacial score (nSPS) is 23.5. The van der Waals surface area contributed by atoms with Crippen molar-refractivity contribution in [1.29, 1.82) is 0 Å². The van der Waals surface area contributed by atoms with E-state index >= 15 is 0 Å². The molecule has 0 bridgehead atoms. The lowest BCUT2D eigenvalue weighted by molar-refractivity contribution is 0.0995. The quantitative estimate of drug-likeness (QED) is 0.831. The van der Waals surface area contributed by atoms with Crippen LogP contribution in [0.1, 0.15) is 29.8 Å². The summed E-state index contributed by atoms with van der Waals surface area (Å²) in [5, 5.41) is 3.39. The van der Waals surface area contributed by atoms with Crippen LogP contribution in [0, 0.1) is 5.92 Å². The van der Waals surface area contributed by atoms with Crippen molar-refractivity contribution in [2.24, 2.45) is 11.7 Å². The van der Waals surface area contributed by atoms with Gasteiger partial charge in [0.25, 0.3) is 5.91 Å². The Kier molecular flexibility index (Phi) is 3.38. The van der Waals surface area contributed by atoms with Gasteiger partial charge in [0, 0.05) is 31.0 Å². The molecule has 1 atom stereocenters. The number of hydrogen-bond donors (Lipinski definition) is 2. The zero-order valence-corrected chi connectivity index (χ0v) is 11.0. The molecule has 0 radical (unpaired) electrons. The first-order chi connectivity index (χ1) is 9.22. The number of aromatic nitrogens is 1. The monoisotopic (exact) mass is 260 g/mol. The van der Waals surface area contributed by atoms with Crippen LogP contribution in [0.5, 0.6) is 0 Å². The SMILES string of the molecule is NC(=O)c1cc(NCC2CCN(C3CC3)C2)ccn1. The summed E-state index contributed by atoms with van der Waals surface area (Å²) < 4.78 is 0. The average molecular weight is 260 g/mol. The van der Waals surface area contributed by atoms with Crippen LogP contribution in [-0.2, 0) is 0 Å². The van der Waals surface area contributed by atoms with Gasteiger partial charge in [-0.05, 0) is 43.9 Å². The number of hydrogen-bond acceptors (Lipinski definition) is 4. The lowest BCUT2D eigenvalue weighted by atomic mass is 10.1. The van der Waals surface area contributed by atoms with Crippen molar-refractivity contribution in [3.63, 3.8) is 0 Å². The zero-order chi connectivity index (χ0) is 13.2. The Bertz CT molecular complexity index is 472. The molecule has 5 heteroatoms. The van der Waals surface area contributed by atoms with Crippen molar-refractivity contribution in [1.82, 2.24) is 9.88 Å². The fourth-order valence-electron chi connectivity index (χ4n) is 2.74. The number of carbonyl (C=O) groups excluding carboxylic acids is 1. The number of rotatable bonds is 5. The maximum absolute atomic E-state index is 11.1. The standard InChI is InChI=1S/C14H20N4O/c15-14(19)13-7-11(3-5-16-13)17-8-10-4-6-18(9-10)12-1-2-12/h3,5,7,10,12H,1-2,4,6,8-9H2,(H2,15,19)(H,16,17). The minimum atomic E-state index is -0.482. The highest BCUT2D eigenvalue weighted by Crippen LogP contribution is 2.31. The number of amides is 1. The smallest absolute Gasteiger partial charge is 0.267 e. The van der Waals surface area contributed by atoms with Crippen molar-refractivity contribution in [2.75, 3.05) is 25.0 Å². The van der Waals surface area contributed by atoms with Gasteiger partial charge < -0.3 is 16.0 Å². The molecular formula is C14H20N4O. The van der Waals surface area contributed by atoms with Gasteiger partial charge in [0.05, 0.1) is 0 Å². The summed E-state index contributed by atoms with van der Waals surface area (Å²) in [6, 6.07) is 4.46. The minimum absolute atomic E-state index is 0.316. The molecule has 1 aromatic rings. The number of primary amides is 1. The van der Waals surface area contributed by atoms with E-state index in [2.05, 4.69) is 15.2 Å². The van der Waals surface area contributed by atoms with E-state index in [1.807, 2.05) is 6.07 Å². The van der Waals surface area contributed by atoms with Crippen LogP contribution >= 0.6 is 0 Å². The molecule has 1 saturated carbocycles. The van der Waals surface area contributed by atoms with Crippen molar-refractivity contribution in [3.05, 3.63) is 24.0 Å². The average Bonchev–Trinajstić information content (AvgIpc) is 3.16. The molecule has 0 spiro atoms. The third kappa shape index (κ3) is 3.04. The summed E-state index contributed by atoms with van der Waals surface area (Å²) in [5.74, 6) is 0.218. The Hall–Kier alpha value is -1.62. The van der Waals surface area contributed by atoms with Crippen LogP contribution in [0.3, 0.4) is 0 Å². The molecule has 2 aliphatic rings. The molecule has 19 heavy (non-hydrogen) atoms. The van der Waals surface area contributed by atoms with Gasteiger partial charge in [0.1, 0.15) is 5.69 Å². The van der Waals surface area contributed by atoms with E-state index < -0.39 is 5.91 Å². The van der Waals surface area contributed by atoms with Crippen molar-refractivity contribution < 1.29 is 4.79 Å². The van der Waals surface area contributed by atoms with Crippen LogP contribution in [0.2, 0.25) is 0 Å². The van der Waals surface area contributed by atoms with E-state index in [1.165, 1.54) is 32.4 Å². The van der Waals surface area contributed by atoms with Gasteiger partial charge in [0.2, 0.25) is 0 Å². The first kappa shape index (κ1) is 12.4. The molecule has 1 aromatic heterocycles. The maximum atomic E-state index is 11.1. The number of carbonyl (C=O) groups is 1. The Balaban J connectivity index is 1.51. The number of nitrogens with two attached hydrogens (primary N) is 1. The van der Waals surface area contributed by atoms with E-state index in [1.54, 1.807) is 12.3 Å². The van der Waals surface area contributed by atoms with Gasteiger partial charge >= 0.3 is 0 Å². The molecule has 1 unspecified atom stereocenters. The van der Waals surface area contributed by atoms with Crippen LogP contribution in [0.4, 0.5) is 5.69 Å². The molecule has 2 heterocycles. The first-order valence-electron chi connectivity index (χ1n) is 6.96. The molecule has 3 N–H and O–H groups in total. The van der Waals surface area contributed by atoms with Crippen molar-refractivity contribution >= 4 is 11.6 Å². The van der Waals surface area contributed by atoms with E-state index in [9.17, 15) is 4.79 Å². The van der Waals surface area contributed by atoms with Crippen LogP contribution in [-0.4, -0.2) is 41.5 Å². The molecule has 5 nitrogen and oxygen atoms in total. The lowest BCUT2D eigenvalue weighted by Gasteiger charge is -2.15. The van der Waals surface area contributed by atoms with E-state index in [-0.39, 0.29) is 0 Å². The molecular weight excluding hydrogens is 240 g/mol. The maximum Gasteiger partial charge on any atom is 0.267 e. The molecule has 0 aromatic carbocycles. The summed E-state index contributed by atoms with van der Waals surface area (Å²) in [6.45, 7) is 3.39. The minimum Gasteiger partial charge on any atom is -0.385 e. The fourth-order valence-corrected chi connectivity index (χ4v) is 2.74. The van der Waals surface area contributed by atoms with Crippen molar-refractivity contribution in [2.45, 2.75) is 25.3 Å². The number of likely N-dealkylation sites (tertiary alicyclic amines) is 1. The Morgan fingerprint density at radius 3 is 3.05 bits per heavy atom.